The Hall–Kier alpha value is -1.78. The second kappa shape index (κ2) is 12.0. The fourth-order valence-corrected chi connectivity index (χ4v) is 12.4. The third-order valence-electron chi connectivity index (χ3n) is 12.9. The van der Waals surface area contributed by atoms with Gasteiger partial charge in [0, 0.05) is 0 Å². The van der Waals surface area contributed by atoms with Crippen molar-refractivity contribution in [3.63, 3.8) is 0 Å². The van der Waals surface area contributed by atoms with Crippen molar-refractivity contribution < 1.29 is 30.3 Å². The van der Waals surface area contributed by atoms with E-state index >= 15 is 0 Å². The zero-order valence-electron chi connectivity index (χ0n) is 27.3. The van der Waals surface area contributed by atoms with E-state index in [2.05, 4.69) is 20.8 Å². The summed E-state index contributed by atoms with van der Waals surface area (Å²) in [4.78, 5) is 0.386. The lowest BCUT2D eigenvalue weighted by Gasteiger charge is -2.62. The van der Waals surface area contributed by atoms with Gasteiger partial charge in [-0.3, -0.25) is 8.37 Å². The van der Waals surface area contributed by atoms with Crippen molar-refractivity contribution in [3.05, 3.63) is 59.7 Å². The molecule has 0 aromatic heterocycles. The summed E-state index contributed by atoms with van der Waals surface area (Å²) in [7, 11) is -7.67. The van der Waals surface area contributed by atoms with Gasteiger partial charge in [0.2, 0.25) is 0 Å². The van der Waals surface area contributed by atoms with Crippen LogP contribution >= 0.6 is 0 Å². The van der Waals surface area contributed by atoms with Crippen LogP contribution in [-0.2, 0) is 28.6 Å². The Bertz CT molecular complexity index is 1590. The van der Waals surface area contributed by atoms with Crippen LogP contribution in [0.1, 0.15) is 83.3 Å². The fraction of sp³-hybridized carbons (Fsp3) is 0.667. The van der Waals surface area contributed by atoms with E-state index in [1.807, 2.05) is 13.8 Å². The number of aliphatic hydroxyl groups excluding tert-OH is 1. The van der Waals surface area contributed by atoms with Crippen LogP contribution in [-0.4, -0.2) is 40.8 Å². The summed E-state index contributed by atoms with van der Waals surface area (Å²) in [5.41, 5.74) is 1.75. The molecule has 0 radical (unpaired) electrons. The fourth-order valence-electron chi connectivity index (χ4n) is 10.3. The summed E-state index contributed by atoms with van der Waals surface area (Å²) >= 11 is 0. The highest BCUT2D eigenvalue weighted by Crippen LogP contribution is 2.68. The van der Waals surface area contributed by atoms with E-state index in [0.717, 1.165) is 56.1 Å². The van der Waals surface area contributed by atoms with Gasteiger partial charge in [-0.15, -0.1) is 0 Å². The predicted molar refractivity (Wildman–Crippen MR) is 173 cm³/mol. The molecule has 0 heterocycles. The highest BCUT2D eigenvalue weighted by molar-refractivity contribution is 7.87. The van der Waals surface area contributed by atoms with Crippen LogP contribution in [0.25, 0.3) is 0 Å². The minimum absolute atomic E-state index is 0.0126. The van der Waals surface area contributed by atoms with E-state index in [9.17, 15) is 21.9 Å². The van der Waals surface area contributed by atoms with Gasteiger partial charge in [0.25, 0.3) is 20.2 Å². The number of aryl methyl sites for hydroxylation is 2. The van der Waals surface area contributed by atoms with E-state index in [-0.39, 0.29) is 45.2 Å². The lowest BCUT2D eigenvalue weighted by molar-refractivity contribution is -0.174. The molecular formula is C36H50O7S2. The van der Waals surface area contributed by atoms with Crippen LogP contribution in [0, 0.1) is 60.2 Å². The van der Waals surface area contributed by atoms with Crippen molar-refractivity contribution in [2.75, 3.05) is 6.61 Å². The molecule has 2 aromatic carbocycles. The molecule has 4 aliphatic carbocycles. The van der Waals surface area contributed by atoms with Gasteiger partial charge in [0.1, 0.15) is 0 Å². The molecule has 248 valence electrons. The molecule has 45 heavy (non-hydrogen) atoms. The maximum Gasteiger partial charge on any atom is 0.297 e. The smallest absolute Gasteiger partial charge is 0.297 e. The molecule has 1 N–H and O–H groups in total. The van der Waals surface area contributed by atoms with Gasteiger partial charge in [0.05, 0.1) is 28.6 Å². The van der Waals surface area contributed by atoms with Crippen molar-refractivity contribution in [3.8, 4) is 0 Å². The lowest BCUT2D eigenvalue weighted by atomic mass is 9.43. The molecule has 0 bridgehead atoms. The van der Waals surface area contributed by atoms with Crippen molar-refractivity contribution in [1.82, 2.24) is 0 Å². The molecule has 0 amide bonds. The first-order valence-electron chi connectivity index (χ1n) is 16.8. The van der Waals surface area contributed by atoms with Crippen LogP contribution < -0.4 is 0 Å². The zero-order valence-corrected chi connectivity index (χ0v) is 28.9. The molecule has 9 heteroatoms. The van der Waals surface area contributed by atoms with Crippen LogP contribution in [0.4, 0.5) is 0 Å². The van der Waals surface area contributed by atoms with Gasteiger partial charge in [-0.1, -0.05) is 56.2 Å². The molecule has 0 saturated heterocycles. The van der Waals surface area contributed by atoms with Crippen LogP contribution in [0.2, 0.25) is 0 Å². The summed E-state index contributed by atoms with van der Waals surface area (Å²) in [6.07, 6.45) is 6.39. The molecule has 6 rings (SSSR count). The van der Waals surface area contributed by atoms with Gasteiger partial charge in [-0.2, -0.15) is 16.8 Å². The molecule has 4 fully saturated rings. The summed E-state index contributed by atoms with van der Waals surface area (Å²) in [5, 5.41) is 11.9. The standard InChI is InChI=1S/C36H50O7S2/c1-23-6-11-28(12-7-23)44(38,39)42-22-25(3)31-16-17-32-30-15-10-26-20-27(43-45(40,41)29-13-8-24(2)9-14-29)18-19-35(26,4)33(30)21-34(37)36(31,32)5/h6-9,11-14,25-27,30-34,37H,10,15-22H2,1-5H3/t25?,26-,27-,30?,31-,32?,33?,34+,35+,36-/m1/s1. The Morgan fingerprint density at radius 3 is 2.02 bits per heavy atom. The SMILES string of the molecule is Cc1ccc(S(=O)(=O)OCC(C)[C@H]2CCC3C4CC[C@@H]5C[C@H](OS(=O)(=O)c6ccc(C)cc6)CC[C@]5(C)C4C[C@H](O)[C@@]32C)cc1. The maximum absolute atomic E-state index is 13.1. The second-order valence-electron chi connectivity index (χ2n) is 15.2. The van der Waals surface area contributed by atoms with Gasteiger partial charge in [0.15, 0.2) is 0 Å². The first-order chi connectivity index (χ1) is 21.1. The number of hydrogen-bond acceptors (Lipinski definition) is 7. The van der Waals surface area contributed by atoms with Gasteiger partial charge in [-0.05, 0) is 136 Å². The van der Waals surface area contributed by atoms with Crippen LogP contribution in [0.3, 0.4) is 0 Å². The predicted octanol–water partition coefficient (Wildman–Crippen LogP) is 7.05. The number of rotatable bonds is 8. The summed E-state index contributed by atoms with van der Waals surface area (Å²) in [6.45, 7) is 10.7. The summed E-state index contributed by atoms with van der Waals surface area (Å²) < 4.78 is 63.4. The Morgan fingerprint density at radius 2 is 1.40 bits per heavy atom. The molecule has 10 atom stereocenters. The molecule has 7 nitrogen and oxygen atoms in total. The first-order valence-corrected chi connectivity index (χ1v) is 19.6. The highest BCUT2D eigenvalue weighted by atomic mass is 32.2. The maximum atomic E-state index is 13.1. The monoisotopic (exact) mass is 658 g/mol. The molecule has 2 aromatic rings. The average Bonchev–Trinajstić information content (AvgIpc) is 3.36. The van der Waals surface area contributed by atoms with E-state index in [0.29, 0.717) is 30.1 Å². The Kier molecular flexibility index (Phi) is 8.86. The van der Waals surface area contributed by atoms with Gasteiger partial charge >= 0.3 is 0 Å². The minimum atomic E-state index is -3.85. The quantitative estimate of drug-likeness (QED) is 0.303. The Balaban J connectivity index is 1.12. The normalized spacial score (nSPS) is 37.3. The van der Waals surface area contributed by atoms with E-state index in [1.165, 1.54) is 0 Å². The lowest BCUT2D eigenvalue weighted by Crippen LogP contribution is -2.59. The van der Waals surface area contributed by atoms with Crippen molar-refractivity contribution >= 4 is 20.2 Å². The van der Waals surface area contributed by atoms with Crippen molar-refractivity contribution in [1.29, 1.82) is 0 Å². The third-order valence-corrected chi connectivity index (χ3v) is 15.5. The Labute approximate surface area is 270 Å². The first kappa shape index (κ1) is 33.1. The topological polar surface area (TPSA) is 107 Å². The molecule has 0 spiro atoms. The van der Waals surface area contributed by atoms with Gasteiger partial charge < -0.3 is 5.11 Å². The van der Waals surface area contributed by atoms with Crippen molar-refractivity contribution in [2.24, 2.45) is 46.3 Å². The molecule has 4 aliphatic rings. The average molecular weight is 659 g/mol. The van der Waals surface area contributed by atoms with E-state index < -0.39 is 26.3 Å². The zero-order chi connectivity index (χ0) is 32.4. The number of hydrogen-bond donors (Lipinski definition) is 1. The van der Waals surface area contributed by atoms with E-state index in [1.54, 1.807) is 48.5 Å². The van der Waals surface area contributed by atoms with Crippen molar-refractivity contribution in [2.45, 2.75) is 108 Å². The molecule has 4 unspecified atom stereocenters. The minimum Gasteiger partial charge on any atom is -0.393 e. The number of aliphatic hydroxyl groups is 1. The third kappa shape index (κ3) is 5.94. The second-order valence-corrected chi connectivity index (χ2v) is 18.4. The largest absolute Gasteiger partial charge is 0.393 e. The number of fused-ring (bicyclic) bond motifs is 5. The molecule has 0 aliphatic heterocycles. The van der Waals surface area contributed by atoms with Crippen LogP contribution in [0.5, 0.6) is 0 Å². The Morgan fingerprint density at radius 1 is 0.800 bits per heavy atom. The van der Waals surface area contributed by atoms with E-state index in [4.69, 9.17) is 8.37 Å². The summed E-state index contributed by atoms with van der Waals surface area (Å²) in [5.74, 6) is 1.78. The highest BCUT2D eigenvalue weighted by Gasteiger charge is 2.64. The molecule has 4 saturated carbocycles. The molecular weight excluding hydrogens is 609 g/mol. The summed E-state index contributed by atoms with van der Waals surface area (Å²) in [6, 6.07) is 13.6. The number of benzene rings is 2. The van der Waals surface area contributed by atoms with Gasteiger partial charge in [-0.25, -0.2) is 0 Å². The van der Waals surface area contributed by atoms with Crippen LogP contribution in [0.15, 0.2) is 58.3 Å².